The number of methoxy groups -OCH3 is 1. The fourth-order valence-electron chi connectivity index (χ4n) is 2.61. The van der Waals surface area contributed by atoms with Crippen molar-refractivity contribution in [2.45, 2.75) is 30.3 Å². The van der Waals surface area contributed by atoms with Gasteiger partial charge in [0, 0.05) is 18.7 Å². The van der Waals surface area contributed by atoms with Crippen LogP contribution in [0.3, 0.4) is 0 Å². The Morgan fingerprint density at radius 3 is 2.42 bits per heavy atom. The lowest BCUT2D eigenvalue weighted by Crippen LogP contribution is -2.32. The molecule has 0 aromatic heterocycles. The third-order valence-electron chi connectivity index (χ3n) is 4.17. The topological polar surface area (TPSA) is 89.8 Å². The first-order chi connectivity index (χ1) is 12.3. The summed E-state index contributed by atoms with van der Waals surface area (Å²) in [7, 11) is -2.33. The predicted molar refractivity (Wildman–Crippen MR) is 96.9 cm³/mol. The van der Waals surface area contributed by atoms with Crippen molar-refractivity contribution in [3.05, 3.63) is 63.2 Å². The molecular weight excluding hydrogens is 380 g/mol. The molecule has 26 heavy (non-hydrogen) atoms. The van der Waals surface area contributed by atoms with Crippen molar-refractivity contribution in [3.8, 4) is 5.75 Å². The number of rotatable bonds is 7. The average molecular weight is 397 g/mol. The van der Waals surface area contributed by atoms with Gasteiger partial charge in [-0.1, -0.05) is 23.7 Å². The molecule has 2 aromatic rings. The van der Waals surface area contributed by atoms with Crippen LogP contribution in [0, 0.1) is 10.1 Å². The number of nitro benzene ring substituents is 1. The van der Waals surface area contributed by atoms with E-state index in [4.69, 9.17) is 16.3 Å². The minimum Gasteiger partial charge on any atom is -0.497 e. The first kappa shape index (κ1) is 18.6. The second kappa shape index (κ2) is 7.22. The van der Waals surface area contributed by atoms with Crippen LogP contribution in [0.2, 0.25) is 5.02 Å². The summed E-state index contributed by atoms with van der Waals surface area (Å²) in [6.45, 7) is 0.188. The molecular formula is C17H17ClN2O5S. The molecule has 0 amide bonds. The van der Waals surface area contributed by atoms with Crippen LogP contribution in [-0.2, 0) is 16.6 Å². The summed E-state index contributed by atoms with van der Waals surface area (Å²) >= 11 is 5.79. The zero-order chi connectivity index (χ0) is 18.9. The predicted octanol–water partition coefficient (Wildman–Crippen LogP) is 3.61. The number of hydrogen-bond donors (Lipinski definition) is 0. The Labute approximate surface area is 156 Å². The van der Waals surface area contributed by atoms with Gasteiger partial charge in [0.05, 0.1) is 16.9 Å². The van der Waals surface area contributed by atoms with Crippen LogP contribution in [0.5, 0.6) is 5.75 Å². The molecule has 0 N–H and O–H groups in total. The number of ether oxygens (including phenoxy) is 1. The first-order valence-electron chi connectivity index (χ1n) is 7.91. The molecule has 0 spiro atoms. The van der Waals surface area contributed by atoms with Crippen molar-refractivity contribution in [3.63, 3.8) is 0 Å². The van der Waals surface area contributed by atoms with E-state index in [-0.39, 0.29) is 22.5 Å². The van der Waals surface area contributed by atoms with E-state index >= 15 is 0 Å². The van der Waals surface area contributed by atoms with Gasteiger partial charge in [0.25, 0.3) is 5.69 Å². The Morgan fingerprint density at radius 1 is 1.23 bits per heavy atom. The van der Waals surface area contributed by atoms with E-state index < -0.39 is 20.6 Å². The fraction of sp³-hybridized carbons (Fsp3) is 0.294. The zero-order valence-electron chi connectivity index (χ0n) is 14.0. The summed E-state index contributed by atoms with van der Waals surface area (Å²) in [6.07, 6.45) is 1.54. The van der Waals surface area contributed by atoms with Crippen LogP contribution in [-0.4, -0.2) is 30.8 Å². The number of nitro groups is 1. The lowest BCUT2D eigenvalue weighted by atomic mass is 10.2. The maximum atomic E-state index is 13.1. The lowest BCUT2D eigenvalue weighted by molar-refractivity contribution is -0.384. The quantitative estimate of drug-likeness (QED) is 0.526. The summed E-state index contributed by atoms with van der Waals surface area (Å²) < 4.78 is 32.6. The highest BCUT2D eigenvalue weighted by molar-refractivity contribution is 7.89. The van der Waals surface area contributed by atoms with Gasteiger partial charge in [-0.05, 0) is 42.7 Å². The second-order valence-corrected chi connectivity index (χ2v) is 8.30. The van der Waals surface area contributed by atoms with Crippen molar-refractivity contribution >= 4 is 27.3 Å². The van der Waals surface area contributed by atoms with Crippen molar-refractivity contribution in [2.75, 3.05) is 7.11 Å². The molecule has 0 atom stereocenters. The molecule has 2 aromatic carbocycles. The highest BCUT2D eigenvalue weighted by Crippen LogP contribution is 2.35. The molecule has 0 saturated heterocycles. The Balaban J connectivity index is 1.93. The van der Waals surface area contributed by atoms with Crippen LogP contribution < -0.4 is 4.74 Å². The van der Waals surface area contributed by atoms with Crippen LogP contribution >= 0.6 is 11.6 Å². The Morgan fingerprint density at radius 2 is 1.88 bits per heavy atom. The van der Waals surface area contributed by atoms with E-state index in [1.54, 1.807) is 31.4 Å². The second-order valence-electron chi connectivity index (χ2n) is 6.00. The molecule has 1 aliphatic carbocycles. The summed E-state index contributed by atoms with van der Waals surface area (Å²) in [5.41, 5.74) is 0.387. The Bertz CT molecular complexity index is 927. The fourth-order valence-corrected chi connectivity index (χ4v) is 4.49. The molecule has 1 fully saturated rings. The molecule has 0 radical (unpaired) electrons. The van der Waals surface area contributed by atoms with Gasteiger partial charge >= 0.3 is 0 Å². The van der Waals surface area contributed by atoms with Crippen molar-refractivity contribution in [2.24, 2.45) is 0 Å². The molecule has 1 aliphatic rings. The Kier molecular flexibility index (Phi) is 5.17. The van der Waals surface area contributed by atoms with Gasteiger partial charge in [0.15, 0.2) is 0 Å². The molecule has 1 saturated carbocycles. The van der Waals surface area contributed by atoms with Crippen LogP contribution in [0.1, 0.15) is 18.4 Å². The van der Waals surface area contributed by atoms with Crippen molar-refractivity contribution < 1.29 is 18.1 Å². The van der Waals surface area contributed by atoms with Gasteiger partial charge < -0.3 is 4.74 Å². The van der Waals surface area contributed by atoms with Gasteiger partial charge in [-0.2, -0.15) is 4.31 Å². The maximum Gasteiger partial charge on any atom is 0.289 e. The van der Waals surface area contributed by atoms with Crippen molar-refractivity contribution in [1.82, 2.24) is 4.31 Å². The monoisotopic (exact) mass is 396 g/mol. The minimum atomic E-state index is -3.89. The largest absolute Gasteiger partial charge is 0.497 e. The van der Waals surface area contributed by atoms with Gasteiger partial charge in [-0.25, -0.2) is 8.42 Å². The van der Waals surface area contributed by atoms with Crippen LogP contribution in [0.4, 0.5) is 5.69 Å². The number of sulfonamides is 1. The summed E-state index contributed by atoms with van der Waals surface area (Å²) in [5.74, 6) is 0.683. The first-order valence-corrected chi connectivity index (χ1v) is 9.73. The summed E-state index contributed by atoms with van der Waals surface area (Å²) in [5, 5.41) is 11.0. The molecule has 0 heterocycles. The molecule has 0 unspecified atom stereocenters. The van der Waals surface area contributed by atoms with Crippen molar-refractivity contribution in [1.29, 1.82) is 0 Å². The highest BCUT2D eigenvalue weighted by atomic mass is 35.5. The Hall–Kier alpha value is -2.16. The van der Waals surface area contributed by atoms with Crippen LogP contribution in [0.15, 0.2) is 47.4 Å². The molecule has 0 bridgehead atoms. The third-order valence-corrected chi connectivity index (χ3v) is 6.39. The lowest BCUT2D eigenvalue weighted by Gasteiger charge is -2.22. The SMILES string of the molecule is COc1ccc(CN(C2CC2)S(=O)(=O)c2ccc(Cl)c([N+](=O)[O-])c2)cc1. The van der Waals surface area contributed by atoms with E-state index in [9.17, 15) is 18.5 Å². The van der Waals surface area contributed by atoms with E-state index in [0.717, 1.165) is 24.5 Å². The number of hydrogen-bond acceptors (Lipinski definition) is 5. The summed E-state index contributed by atoms with van der Waals surface area (Å²) in [6, 6.07) is 10.6. The maximum absolute atomic E-state index is 13.1. The molecule has 3 rings (SSSR count). The van der Waals surface area contributed by atoms with Gasteiger partial charge in [-0.15, -0.1) is 0 Å². The van der Waals surface area contributed by atoms with E-state index in [0.29, 0.717) is 5.75 Å². The molecule has 9 heteroatoms. The van der Waals surface area contributed by atoms with E-state index in [1.165, 1.54) is 16.4 Å². The standard InChI is InChI=1S/C17H17ClN2O5S/c1-25-14-6-2-12(3-7-14)11-19(13-4-5-13)26(23,24)15-8-9-16(18)17(10-15)20(21)22/h2-3,6-10,13H,4-5,11H2,1H3. The average Bonchev–Trinajstić information content (AvgIpc) is 3.44. The third kappa shape index (κ3) is 3.82. The smallest absolute Gasteiger partial charge is 0.289 e. The molecule has 7 nitrogen and oxygen atoms in total. The molecule has 0 aliphatic heterocycles. The van der Waals surface area contributed by atoms with Gasteiger partial charge in [0.1, 0.15) is 10.8 Å². The molecule has 138 valence electrons. The van der Waals surface area contributed by atoms with E-state index in [1.807, 2.05) is 0 Å². The highest BCUT2D eigenvalue weighted by Gasteiger charge is 2.38. The normalized spacial score (nSPS) is 14.4. The van der Waals surface area contributed by atoms with E-state index in [2.05, 4.69) is 0 Å². The number of halogens is 1. The van der Waals surface area contributed by atoms with Gasteiger partial charge in [0.2, 0.25) is 10.0 Å². The summed E-state index contributed by atoms with van der Waals surface area (Å²) in [4.78, 5) is 10.3. The minimum absolute atomic E-state index is 0.0953. The number of nitrogens with zero attached hydrogens (tertiary/aromatic N) is 2. The number of benzene rings is 2. The zero-order valence-corrected chi connectivity index (χ0v) is 15.5. The van der Waals surface area contributed by atoms with Gasteiger partial charge in [-0.3, -0.25) is 10.1 Å². The van der Waals surface area contributed by atoms with Crippen LogP contribution in [0.25, 0.3) is 0 Å².